The van der Waals surface area contributed by atoms with Crippen molar-refractivity contribution >= 4 is 17.6 Å². The average Bonchev–Trinajstić information content (AvgIpc) is 2.96. The van der Waals surface area contributed by atoms with E-state index in [1.807, 2.05) is 0 Å². The molecule has 0 aliphatic heterocycles. The lowest BCUT2D eigenvalue weighted by atomic mass is 10.0. The third-order valence-corrected chi connectivity index (χ3v) is 4.25. The number of nitrogens with zero attached hydrogens (tertiary/aromatic N) is 2. The second-order valence-electron chi connectivity index (χ2n) is 5.85. The van der Waals surface area contributed by atoms with E-state index >= 15 is 0 Å². The molecule has 4 N–H and O–H groups in total. The number of anilines is 1. The predicted molar refractivity (Wildman–Crippen MR) is 86.3 cm³/mol. The van der Waals surface area contributed by atoms with Crippen molar-refractivity contribution in [3.05, 3.63) is 58.8 Å². The summed E-state index contributed by atoms with van der Waals surface area (Å²) in [6.45, 7) is -0.393. The Kier molecular flexibility index (Phi) is 4.35. The number of hydrogen-bond donors (Lipinski definition) is 2. The molecular weight excluding hydrogens is 330 g/mol. The molecule has 0 saturated carbocycles. The topological polar surface area (TPSA) is 102 Å². The molecule has 1 aliphatic carbocycles. The minimum atomic E-state index is -0.740. The van der Waals surface area contributed by atoms with Crippen LogP contribution in [0, 0.1) is 11.6 Å². The highest BCUT2D eigenvalue weighted by Crippen LogP contribution is 2.38. The second kappa shape index (κ2) is 6.46. The van der Waals surface area contributed by atoms with Crippen molar-refractivity contribution in [3.63, 3.8) is 0 Å². The Labute approximate surface area is 142 Å². The van der Waals surface area contributed by atoms with Crippen LogP contribution in [0.25, 0.3) is 0 Å². The van der Waals surface area contributed by atoms with Gasteiger partial charge >= 0.3 is 0 Å². The molecule has 130 valence electrons. The molecule has 1 unspecified atom stereocenters. The van der Waals surface area contributed by atoms with Crippen molar-refractivity contribution in [1.29, 1.82) is 0 Å². The number of amides is 2. The van der Waals surface area contributed by atoms with Gasteiger partial charge in [-0.25, -0.2) is 13.8 Å². The molecule has 1 aromatic heterocycles. The number of fused-ring (bicyclic) bond motifs is 1. The molecule has 0 spiro atoms. The molecule has 2 aromatic rings. The molecule has 2 amide bonds. The largest absolute Gasteiger partial charge is 0.383 e. The quantitative estimate of drug-likeness (QED) is 0.877. The lowest BCUT2D eigenvalue weighted by Gasteiger charge is -2.29. The Bertz CT molecular complexity index is 857. The van der Waals surface area contributed by atoms with Gasteiger partial charge in [0.05, 0.1) is 11.6 Å². The van der Waals surface area contributed by atoms with Gasteiger partial charge in [0.25, 0.3) is 5.91 Å². The molecule has 0 bridgehead atoms. The van der Waals surface area contributed by atoms with Gasteiger partial charge in [-0.1, -0.05) is 0 Å². The van der Waals surface area contributed by atoms with Crippen molar-refractivity contribution < 1.29 is 18.4 Å². The van der Waals surface area contributed by atoms with Crippen LogP contribution in [0.4, 0.5) is 14.6 Å². The summed E-state index contributed by atoms with van der Waals surface area (Å²) in [7, 11) is 0. The smallest absolute Gasteiger partial charge is 0.258 e. The van der Waals surface area contributed by atoms with Crippen LogP contribution in [0.15, 0.2) is 30.5 Å². The van der Waals surface area contributed by atoms with E-state index in [2.05, 4.69) is 4.98 Å². The fourth-order valence-electron chi connectivity index (χ4n) is 3.19. The number of benzene rings is 1. The van der Waals surface area contributed by atoms with Crippen molar-refractivity contribution in [2.75, 3.05) is 12.3 Å². The first-order valence-electron chi connectivity index (χ1n) is 7.66. The van der Waals surface area contributed by atoms with Gasteiger partial charge < -0.3 is 16.4 Å². The van der Waals surface area contributed by atoms with Gasteiger partial charge in [0, 0.05) is 12.3 Å². The van der Waals surface area contributed by atoms with Crippen molar-refractivity contribution in [3.8, 4) is 0 Å². The van der Waals surface area contributed by atoms with Crippen LogP contribution in [0.5, 0.6) is 0 Å². The summed E-state index contributed by atoms with van der Waals surface area (Å²) in [4.78, 5) is 29.4. The number of aromatic nitrogens is 1. The Morgan fingerprint density at radius 1 is 1.32 bits per heavy atom. The third kappa shape index (κ3) is 3.15. The first-order valence-corrected chi connectivity index (χ1v) is 7.66. The maximum atomic E-state index is 14.0. The van der Waals surface area contributed by atoms with Gasteiger partial charge in [-0.05, 0) is 42.2 Å². The zero-order valence-electron chi connectivity index (χ0n) is 13.2. The molecule has 25 heavy (non-hydrogen) atoms. The number of carbonyl (C=O) groups excluding carboxylic acids is 2. The summed E-state index contributed by atoms with van der Waals surface area (Å²) in [6, 6.07) is 4.33. The molecule has 1 aliphatic rings. The number of nitrogen functional groups attached to an aromatic ring is 1. The Morgan fingerprint density at radius 3 is 2.76 bits per heavy atom. The number of primary amides is 1. The van der Waals surface area contributed by atoms with E-state index in [9.17, 15) is 18.4 Å². The molecule has 0 saturated heterocycles. The summed E-state index contributed by atoms with van der Waals surface area (Å²) in [5, 5.41) is 0. The first kappa shape index (κ1) is 16.8. The van der Waals surface area contributed by atoms with E-state index in [4.69, 9.17) is 11.5 Å². The van der Waals surface area contributed by atoms with Gasteiger partial charge in [-0.3, -0.25) is 9.59 Å². The van der Waals surface area contributed by atoms with Crippen LogP contribution < -0.4 is 11.5 Å². The van der Waals surface area contributed by atoms with E-state index < -0.39 is 36.0 Å². The number of hydrogen-bond acceptors (Lipinski definition) is 4. The Morgan fingerprint density at radius 2 is 2.08 bits per heavy atom. The van der Waals surface area contributed by atoms with Crippen LogP contribution in [-0.2, 0) is 11.2 Å². The van der Waals surface area contributed by atoms with Crippen molar-refractivity contribution in [1.82, 2.24) is 9.88 Å². The lowest BCUT2D eigenvalue weighted by Crippen LogP contribution is -2.40. The van der Waals surface area contributed by atoms with Crippen LogP contribution >= 0.6 is 0 Å². The van der Waals surface area contributed by atoms with Gasteiger partial charge in [0.15, 0.2) is 0 Å². The van der Waals surface area contributed by atoms with Gasteiger partial charge in [0.2, 0.25) is 5.91 Å². The van der Waals surface area contributed by atoms with E-state index in [-0.39, 0.29) is 11.4 Å². The maximum Gasteiger partial charge on any atom is 0.258 e. The second-order valence-corrected chi connectivity index (χ2v) is 5.85. The normalized spacial score (nSPS) is 15.7. The van der Waals surface area contributed by atoms with E-state index in [1.54, 1.807) is 0 Å². The van der Waals surface area contributed by atoms with E-state index in [0.29, 0.717) is 24.0 Å². The monoisotopic (exact) mass is 346 g/mol. The predicted octanol–water partition coefficient (Wildman–Crippen LogP) is 1.56. The van der Waals surface area contributed by atoms with E-state index in [0.717, 1.165) is 6.07 Å². The third-order valence-electron chi connectivity index (χ3n) is 4.25. The number of rotatable bonds is 4. The number of halogens is 2. The molecule has 6 nitrogen and oxygen atoms in total. The summed E-state index contributed by atoms with van der Waals surface area (Å²) < 4.78 is 27.6. The summed E-state index contributed by atoms with van der Waals surface area (Å²) in [5.74, 6) is -2.70. The SMILES string of the molecule is NC(=O)CN(C(=O)c1cccnc1N)C1CCc2c(F)cc(F)cc21. The summed E-state index contributed by atoms with van der Waals surface area (Å²) in [5.41, 5.74) is 11.8. The number of pyridine rings is 1. The van der Waals surface area contributed by atoms with Crippen LogP contribution in [0.1, 0.15) is 33.9 Å². The highest BCUT2D eigenvalue weighted by atomic mass is 19.1. The average molecular weight is 346 g/mol. The molecule has 3 rings (SSSR count). The first-order chi connectivity index (χ1) is 11.9. The summed E-state index contributed by atoms with van der Waals surface area (Å²) >= 11 is 0. The standard InChI is InChI=1S/C17H16F2N4O2/c18-9-6-12-10(13(19)7-9)3-4-14(12)23(8-15(20)24)17(25)11-2-1-5-22-16(11)21/h1-2,5-7,14H,3-4,8H2,(H2,20,24)(H2,21,22). The fraction of sp³-hybridized carbons (Fsp3) is 0.235. The van der Waals surface area contributed by atoms with Gasteiger partial charge in [-0.15, -0.1) is 0 Å². The molecule has 0 fully saturated rings. The fourth-order valence-corrected chi connectivity index (χ4v) is 3.19. The highest BCUT2D eigenvalue weighted by Gasteiger charge is 2.35. The van der Waals surface area contributed by atoms with E-state index in [1.165, 1.54) is 29.3 Å². The summed E-state index contributed by atoms with van der Waals surface area (Å²) in [6.07, 6.45) is 2.12. The molecule has 0 radical (unpaired) electrons. The van der Waals surface area contributed by atoms with Crippen molar-refractivity contribution in [2.24, 2.45) is 5.73 Å². The zero-order valence-corrected chi connectivity index (χ0v) is 13.2. The van der Waals surface area contributed by atoms with Crippen LogP contribution in [0.3, 0.4) is 0 Å². The van der Waals surface area contributed by atoms with Crippen LogP contribution in [0.2, 0.25) is 0 Å². The Hall–Kier alpha value is -3.03. The molecule has 1 atom stereocenters. The van der Waals surface area contributed by atoms with Gasteiger partial charge in [0.1, 0.15) is 24.0 Å². The molecule has 8 heteroatoms. The minimum absolute atomic E-state index is 0.00520. The molecular formula is C17H16F2N4O2. The highest BCUT2D eigenvalue weighted by molar-refractivity contribution is 6.00. The van der Waals surface area contributed by atoms with Gasteiger partial charge in [-0.2, -0.15) is 0 Å². The molecule has 1 heterocycles. The number of nitrogens with two attached hydrogens (primary N) is 2. The maximum absolute atomic E-state index is 14.0. The zero-order chi connectivity index (χ0) is 18.1. The number of carbonyl (C=O) groups is 2. The Balaban J connectivity index is 2.03. The lowest BCUT2D eigenvalue weighted by molar-refractivity contribution is -0.119. The minimum Gasteiger partial charge on any atom is -0.383 e. The van der Waals surface area contributed by atoms with Crippen LogP contribution in [-0.4, -0.2) is 28.2 Å². The van der Waals surface area contributed by atoms with Crippen molar-refractivity contribution in [2.45, 2.75) is 18.9 Å². The molecule has 1 aromatic carbocycles.